The second-order valence-electron chi connectivity index (χ2n) is 5.32. The fourth-order valence-electron chi connectivity index (χ4n) is 3.28. The van der Waals surface area contributed by atoms with Crippen LogP contribution in [-0.4, -0.2) is 12.5 Å². The van der Waals surface area contributed by atoms with Crippen molar-refractivity contribution in [2.75, 3.05) is 6.54 Å². The molecule has 2 saturated carbocycles. The van der Waals surface area contributed by atoms with Gasteiger partial charge in [0.25, 0.3) is 0 Å². The second kappa shape index (κ2) is 2.49. The first-order valence-corrected chi connectivity index (χ1v) is 5.55. The normalized spacial score (nSPS) is 43.4. The first-order valence-electron chi connectivity index (χ1n) is 5.55. The third kappa shape index (κ3) is 1.11. The first kappa shape index (κ1) is 7.84. The topological polar surface area (TPSA) is 29.1 Å². The molecule has 0 unspecified atom stereocenters. The molecule has 4 aliphatic rings. The number of rotatable bonds is 2. The van der Waals surface area contributed by atoms with Gasteiger partial charge in [-0.2, -0.15) is 0 Å². The summed E-state index contributed by atoms with van der Waals surface area (Å²) < 4.78 is 0. The van der Waals surface area contributed by atoms with Crippen LogP contribution in [0.2, 0.25) is 0 Å². The third-order valence-corrected chi connectivity index (χ3v) is 4.31. The summed E-state index contributed by atoms with van der Waals surface area (Å²) in [7, 11) is 0. The van der Waals surface area contributed by atoms with Crippen molar-refractivity contribution in [1.29, 1.82) is 0 Å². The number of carbonyl (C=O) groups is 1. The largest absolute Gasteiger partial charge is 0.355 e. The quantitative estimate of drug-likeness (QED) is 0.687. The van der Waals surface area contributed by atoms with Crippen LogP contribution in [0.15, 0.2) is 0 Å². The molecular formula is C11H17NO. The van der Waals surface area contributed by atoms with Gasteiger partial charge in [0.15, 0.2) is 0 Å². The van der Waals surface area contributed by atoms with Crippen molar-refractivity contribution >= 4 is 5.91 Å². The summed E-state index contributed by atoms with van der Waals surface area (Å²) in [5.74, 6) is 1.69. The highest BCUT2D eigenvalue weighted by molar-refractivity contribution is 5.81. The predicted molar refractivity (Wildman–Crippen MR) is 50.1 cm³/mol. The van der Waals surface area contributed by atoms with E-state index in [-0.39, 0.29) is 0 Å². The van der Waals surface area contributed by atoms with E-state index >= 15 is 0 Å². The van der Waals surface area contributed by atoms with Gasteiger partial charge in [0.1, 0.15) is 0 Å². The number of piperidine rings is 2. The molecule has 4 fully saturated rings. The SMILES string of the molecule is O=C1NCC2(CC3CCC3)CC1C2. The minimum absolute atomic E-state index is 0.315. The molecule has 4 rings (SSSR count). The van der Waals surface area contributed by atoms with Gasteiger partial charge in [-0.3, -0.25) is 4.79 Å². The molecule has 2 saturated heterocycles. The van der Waals surface area contributed by atoms with Crippen molar-refractivity contribution in [3.05, 3.63) is 0 Å². The Bertz CT molecular complexity index is 233. The summed E-state index contributed by atoms with van der Waals surface area (Å²) in [4.78, 5) is 11.2. The molecular weight excluding hydrogens is 162 g/mol. The van der Waals surface area contributed by atoms with E-state index in [1.807, 2.05) is 0 Å². The van der Waals surface area contributed by atoms with E-state index in [1.54, 1.807) is 0 Å². The molecule has 1 N–H and O–H groups in total. The van der Waals surface area contributed by atoms with Gasteiger partial charge in [-0.05, 0) is 30.6 Å². The molecule has 2 heteroatoms. The Morgan fingerprint density at radius 1 is 1.38 bits per heavy atom. The van der Waals surface area contributed by atoms with Gasteiger partial charge in [0.2, 0.25) is 5.91 Å². The van der Waals surface area contributed by atoms with Crippen LogP contribution < -0.4 is 5.32 Å². The number of carbonyl (C=O) groups excluding carboxylic acids is 1. The molecule has 2 aliphatic heterocycles. The first-order chi connectivity index (χ1) is 6.27. The number of hydrogen-bond donors (Lipinski definition) is 1. The Morgan fingerprint density at radius 2 is 2.15 bits per heavy atom. The zero-order valence-corrected chi connectivity index (χ0v) is 8.01. The molecule has 0 spiro atoms. The molecule has 2 aliphatic carbocycles. The van der Waals surface area contributed by atoms with Crippen molar-refractivity contribution in [3.8, 4) is 0 Å². The lowest BCUT2D eigenvalue weighted by atomic mass is 9.54. The Labute approximate surface area is 79.1 Å². The maximum absolute atomic E-state index is 11.2. The van der Waals surface area contributed by atoms with Gasteiger partial charge in [-0.1, -0.05) is 19.3 Å². The molecule has 0 aromatic heterocycles. The zero-order valence-electron chi connectivity index (χ0n) is 8.01. The Hall–Kier alpha value is -0.530. The van der Waals surface area contributed by atoms with Gasteiger partial charge < -0.3 is 5.32 Å². The fourth-order valence-corrected chi connectivity index (χ4v) is 3.28. The van der Waals surface area contributed by atoms with Gasteiger partial charge in [0.05, 0.1) is 0 Å². The van der Waals surface area contributed by atoms with E-state index in [1.165, 1.54) is 38.5 Å². The molecule has 0 aromatic rings. The molecule has 2 nitrogen and oxygen atoms in total. The minimum atomic E-state index is 0.315. The van der Waals surface area contributed by atoms with Crippen molar-refractivity contribution < 1.29 is 4.79 Å². The van der Waals surface area contributed by atoms with Crippen LogP contribution in [0, 0.1) is 17.3 Å². The van der Waals surface area contributed by atoms with Crippen LogP contribution >= 0.6 is 0 Å². The standard InChI is InChI=1S/C11H17NO/c13-10-9-5-11(6-9,7-12-10)4-8-2-1-3-8/h8-9H,1-7H2,(H,12,13). The summed E-state index contributed by atoms with van der Waals surface area (Å²) in [6, 6.07) is 0. The van der Waals surface area contributed by atoms with E-state index in [9.17, 15) is 4.79 Å². The smallest absolute Gasteiger partial charge is 0.223 e. The monoisotopic (exact) mass is 179 g/mol. The van der Waals surface area contributed by atoms with Gasteiger partial charge in [-0.15, -0.1) is 0 Å². The molecule has 0 radical (unpaired) electrons. The lowest BCUT2D eigenvalue weighted by Crippen LogP contribution is -2.58. The van der Waals surface area contributed by atoms with Crippen molar-refractivity contribution in [3.63, 3.8) is 0 Å². The number of hydrogen-bond acceptors (Lipinski definition) is 1. The zero-order chi connectivity index (χ0) is 8.89. The highest BCUT2D eigenvalue weighted by atomic mass is 16.2. The molecule has 0 aromatic carbocycles. The fraction of sp³-hybridized carbons (Fsp3) is 0.909. The van der Waals surface area contributed by atoms with Crippen molar-refractivity contribution in [2.24, 2.45) is 17.3 Å². The summed E-state index contributed by atoms with van der Waals surface area (Å²) in [6.45, 7) is 0.971. The van der Waals surface area contributed by atoms with E-state index in [4.69, 9.17) is 0 Å². The molecule has 13 heavy (non-hydrogen) atoms. The highest BCUT2D eigenvalue weighted by Crippen LogP contribution is 2.54. The van der Waals surface area contributed by atoms with Gasteiger partial charge in [0, 0.05) is 12.5 Å². The summed E-state index contributed by atoms with van der Waals surface area (Å²) in [5, 5.41) is 3.04. The molecule has 2 bridgehead atoms. The van der Waals surface area contributed by atoms with Crippen LogP contribution in [0.25, 0.3) is 0 Å². The Morgan fingerprint density at radius 3 is 2.62 bits per heavy atom. The highest BCUT2D eigenvalue weighted by Gasteiger charge is 2.52. The van der Waals surface area contributed by atoms with Gasteiger partial charge >= 0.3 is 0 Å². The van der Waals surface area contributed by atoms with E-state index < -0.39 is 0 Å². The maximum Gasteiger partial charge on any atom is 0.223 e. The van der Waals surface area contributed by atoms with Gasteiger partial charge in [-0.25, -0.2) is 0 Å². The van der Waals surface area contributed by atoms with Crippen molar-refractivity contribution in [2.45, 2.75) is 38.5 Å². The summed E-state index contributed by atoms with van der Waals surface area (Å²) >= 11 is 0. The average molecular weight is 179 g/mol. The Kier molecular flexibility index (Phi) is 1.50. The lowest BCUT2D eigenvalue weighted by Gasteiger charge is -2.54. The molecule has 2 heterocycles. The van der Waals surface area contributed by atoms with E-state index in [0.717, 1.165) is 12.5 Å². The lowest BCUT2D eigenvalue weighted by molar-refractivity contribution is -0.142. The predicted octanol–water partition coefficient (Wildman–Crippen LogP) is 1.70. The molecule has 72 valence electrons. The van der Waals surface area contributed by atoms with Crippen LogP contribution in [0.1, 0.15) is 38.5 Å². The van der Waals surface area contributed by atoms with E-state index in [0.29, 0.717) is 17.2 Å². The number of nitrogens with one attached hydrogen (secondary N) is 1. The maximum atomic E-state index is 11.2. The Balaban J connectivity index is 1.62. The molecule has 0 atom stereocenters. The van der Waals surface area contributed by atoms with Crippen LogP contribution in [0.4, 0.5) is 0 Å². The third-order valence-electron chi connectivity index (χ3n) is 4.31. The number of amides is 1. The summed E-state index contributed by atoms with van der Waals surface area (Å²) in [6.07, 6.45) is 8.10. The second-order valence-corrected chi connectivity index (χ2v) is 5.32. The summed E-state index contributed by atoms with van der Waals surface area (Å²) in [5.41, 5.74) is 0.545. The van der Waals surface area contributed by atoms with E-state index in [2.05, 4.69) is 5.32 Å². The molecule has 1 amide bonds. The minimum Gasteiger partial charge on any atom is -0.355 e. The van der Waals surface area contributed by atoms with Crippen LogP contribution in [-0.2, 0) is 4.79 Å². The van der Waals surface area contributed by atoms with Crippen LogP contribution in [0.5, 0.6) is 0 Å². The number of fused-ring (bicyclic) bond motifs is 2. The average Bonchev–Trinajstić information content (AvgIpc) is 1.98. The van der Waals surface area contributed by atoms with Crippen molar-refractivity contribution in [1.82, 2.24) is 5.32 Å². The van der Waals surface area contributed by atoms with Crippen LogP contribution in [0.3, 0.4) is 0 Å².